The Labute approximate surface area is 107 Å². The summed E-state index contributed by atoms with van der Waals surface area (Å²) in [5.41, 5.74) is 7.64. The standard InChI is InChI=1S/C13H16ClN3/c1-9-4-5-17(8-12(9)16)13-3-2-11(14)6-10(13)7-15/h2-3,6,9,12H,4-5,8,16H2,1H3. The fourth-order valence-electron chi connectivity index (χ4n) is 2.19. The molecular formula is C13H16ClN3. The second-order valence-electron chi connectivity index (χ2n) is 4.65. The summed E-state index contributed by atoms with van der Waals surface area (Å²) in [6.07, 6.45) is 1.06. The minimum atomic E-state index is 0.172. The number of benzene rings is 1. The molecule has 2 atom stereocenters. The zero-order valence-corrected chi connectivity index (χ0v) is 10.6. The lowest BCUT2D eigenvalue weighted by atomic mass is 9.93. The summed E-state index contributed by atoms with van der Waals surface area (Å²) >= 11 is 5.89. The molecular weight excluding hydrogens is 234 g/mol. The molecule has 0 aliphatic carbocycles. The van der Waals surface area contributed by atoms with Crippen molar-refractivity contribution in [3.05, 3.63) is 28.8 Å². The van der Waals surface area contributed by atoms with Gasteiger partial charge in [0.25, 0.3) is 0 Å². The summed E-state index contributed by atoms with van der Waals surface area (Å²) in [5.74, 6) is 0.545. The van der Waals surface area contributed by atoms with Crippen LogP contribution in [0.15, 0.2) is 18.2 Å². The van der Waals surface area contributed by atoms with Gasteiger partial charge in [0, 0.05) is 24.2 Å². The first-order chi connectivity index (χ1) is 8.11. The summed E-state index contributed by atoms with van der Waals surface area (Å²) in [6, 6.07) is 7.80. The van der Waals surface area contributed by atoms with Crippen LogP contribution < -0.4 is 10.6 Å². The summed E-state index contributed by atoms with van der Waals surface area (Å²) in [5, 5.41) is 9.72. The number of nitrogens with two attached hydrogens (primary N) is 1. The van der Waals surface area contributed by atoms with Crippen LogP contribution in [0.2, 0.25) is 5.02 Å². The molecule has 2 rings (SSSR count). The smallest absolute Gasteiger partial charge is 0.101 e. The minimum absolute atomic E-state index is 0.172. The molecule has 90 valence electrons. The lowest BCUT2D eigenvalue weighted by Gasteiger charge is -2.37. The van der Waals surface area contributed by atoms with E-state index >= 15 is 0 Å². The van der Waals surface area contributed by atoms with E-state index in [1.165, 1.54) is 0 Å². The zero-order valence-electron chi connectivity index (χ0n) is 9.86. The third-order valence-corrected chi connectivity index (χ3v) is 3.67. The number of nitriles is 1. The quantitative estimate of drug-likeness (QED) is 0.832. The predicted octanol–water partition coefficient (Wildman–Crippen LogP) is 2.39. The van der Waals surface area contributed by atoms with Gasteiger partial charge in [-0.1, -0.05) is 18.5 Å². The molecule has 0 radical (unpaired) electrons. The van der Waals surface area contributed by atoms with Crippen molar-refractivity contribution in [3.63, 3.8) is 0 Å². The fourth-order valence-corrected chi connectivity index (χ4v) is 2.36. The van der Waals surface area contributed by atoms with Crippen LogP contribution in [0.1, 0.15) is 18.9 Å². The third kappa shape index (κ3) is 2.54. The highest BCUT2D eigenvalue weighted by molar-refractivity contribution is 6.30. The van der Waals surface area contributed by atoms with Crippen LogP contribution in [0.25, 0.3) is 0 Å². The molecule has 0 bridgehead atoms. The molecule has 1 saturated heterocycles. The lowest BCUT2D eigenvalue weighted by molar-refractivity contribution is 0.379. The maximum atomic E-state index is 9.12. The van der Waals surface area contributed by atoms with Crippen LogP contribution in [-0.4, -0.2) is 19.1 Å². The first-order valence-corrected chi connectivity index (χ1v) is 6.20. The van der Waals surface area contributed by atoms with Crippen molar-refractivity contribution in [1.82, 2.24) is 0 Å². The molecule has 2 N–H and O–H groups in total. The first kappa shape index (κ1) is 12.2. The summed E-state index contributed by atoms with van der Waals surface area (Å²) in [6.45, 7) is 3.93. The van der Waals surface area contributed by atoms with Crippen LogP contribution in [-0.2, 0) is 0 Å². The van der Waals surface area contributed by atoms with E-state index in [0.717, 1.165) is 25.2 Å². The lowest BCUT2D eigenvalue weighted by Crippen LogP contribution is -2.47. The zero-order chi connectivity index (χ0) is 12.4. The van der Waals surface area contributed by atoms with Crippen LogP contribution in [0, 0.1) is 17.2 Å². The second kappa shape index (κ2) is 4.95. The van der Waals surface area contributed by atoms with Gasteiger partial charge < -0.3 is 10.6 Å². The average Bonchev–Trinajstić information content (AvgIpc) is 2.32. The molecule has 4 heteroatoms. The van der Waals surface area contributed by atoms with E-state index < -0.39 is 0 Å². The number of anilines is 1. The van der Waals surface area contributed by atoms with Gasteiger partial charge in [0.2, 0.25) is 0 Å². The molecule has 0 amide bonds. The normalized spacial score (nSPS) is 24.5. The van der Waals surface area contributed by atoms with Gasteiger partial charge in [0.05, 0.1) is 11.3 Å². The maximum absolute atomic E-state index is 9.12. The maximum Gasteiger partial charge on any atom is 0.101 e. The Hall–Kier alpha value is -1.24. The summed E-state index contributed by atoms with van der Waals surface area (Å²) in [7, 11) is 0. The number of halogens is 1. The van der Waals surface area contributed by atoms with E-state index in [4.69, 9.17) is 22.6 Å². The van der Waals surface area contributed by atoms with Crippen molar-refractivity contribution in [2.24, 2.45) is 11.7 Å². The van der Waals surface area contributed by atoms with Crippen LogP contribution in [0.3, 0.4) is 0 Å². The Morgan fingerprint density at radius 3 is 2.94 bits per heavy atom. The van der Waals surface area contributed by atoms with Crippen molar-refractivity contribution >= 4 is 17.3 Å². The highest BCUT2D eigenvalue weighted by atomic mass is 35.5. The minimum Gasteiger partial charge on any atom is -0.369 e. The summed E-state index contributed by atoms with van der Waals surface area (Å²) < 4.78 is 0. The fraction of sp³-hybridized carbons (Fsp3) is 0.462. The molecule has 1 heterocycles. The van der Waals surface area contributed by atoms with Gasteiger partial charge in [0.1, 0.15) is 6.07 Å². The molecule has 2 unspecified atom stereocenters. The van der Waals surface area contributed by atoms with E-state index in [-0.39, 0.29) is 6.04 Å². The predicted molar refractivity (Wildman–Crippen MR) is 70.1 cm³/mol. The molecule has 1 fully saturated rings. The summed E-state index contributed by atoms with van der Waals surface area (Å²) in [4.78, 5) is 2.18. The Balaban J connectivity index is 2.26. The van der Waals surface area contributed by atoms with E-state index in [2.05, 4.69) is 17.9 Å². The SMILES string of the molecule is CC1CCN(c2ccc(Cl)cc2C#N)CC1N. The molecule has 0 aromatic heterocycles. The number of piperidine rings is 1. The van der Waals surface area contributed by atoms with E-state index in [1.54, 1.807) is 6.07 Å². The largest absolute Gasteiger partial charge is 0.369 e. The van der Waals surface area contributed by atoms with E-state index in [1.807, 2.05) is 12.1 Å². The highest BCUT2D eigenvalue weighted by Gasteiger charge is 2.24. The molecule has 1 aromatic rings. The number of nitrogens with zero attached hydrogens (tertiary/aromatic N) is 2. The molecule has 1 aliphatic rings. The molecule has 0 spiro atoms. The Morgan fingerprint density at radius 2 is 2.29 bits per heavy atom. The highest BCUT2D eigenvalue weighted by Crippen LogP contribution is 2.27. The van der Waals surface area contributed by atoms with Gasteiger partial charge in [-0.3, -0.25) is 0 Å². The Morgan fingerprint density at radius 1 is 1.53 bits per heavy atom. The Kier molecular flexibility index (Phi) is 3.56. The second-order valence-corrected chi connectivity index (χ2v) is 5.09. The topological polar surface area (TPSA) is 53.0 Å². The molecule has 17 heavy (non-hydrogen) atoms. The molecule has 0 saturated carbocycles. The van der Waals surface area contributed by atoms with Gasteiger partial charge in [0.15, 0.2) is 0 Å². The van der Waals surface area contributed by atoms with Gasteiger partial charge >= 0.3 is 0 Å². The average molecular weight is 250 g/mol. The molecule has 1 aromatic carbocycles. The number of hydrogen-bond acceptors (Lipinski definition) is 3. The monoisotopic (exact) mass is 249 g/mol. The van der Waals surface area contributed by atoms with Gasteiger partial charge in [-0.25, -0.2) is 0 Å². The van der Waals surface area contributed by atoms with Gasteiger partial charge in [-0.15, -0.1) is 0 Å². The van der Waals surface area contributed by atoms with Crippen molar-refractivity contribution < 1.29 is 0 Å². The molecule has 3 nitrogen and oxygen atoms in total. The van der Waals surface area contributed by atoms with Crippen LogP contribution in [0.5, 0.6) is 0 Å². The van der Waals surface area contributed by atoms with Crippen molar-refractivity contribution in [2.45, 2.75) is 19.4 Å². The van der Waals surface area contributed by atoms with Crippen molar-refractivity contribution in [2.75, 3.05) is 18.0 Å². The number of hydrogen-bond donors (Lipinski definition) is 1. The Bertz CT molecular complexity index is 452. The van der Waals surface area contributed by atoms with E-state index in [9.17, 15) is 0 Å². The van der Waals surface area contributed by atoms with Gasteiger partial charge in [-0.2, -0.15) is 5.26 Å². The molecule has 1 aliphatic heterocycles. The van der Waals surface area contributed by atoms with Crippen molar-refractivity contribution in [3.8, 4) is 6.07 Å². The first-order valence-electron chi connectivity index (χ1n) is 5.82. The van der Waals surface area contributed by atoms with Crippen molar-refractivity contribution in [1.29, 1.82) is 5.26 Å². The third-order valence-electron chi connectivity index (χ3n) is 3.44. The van der Waals surface area contributed by atoms with Gasteiger partial charge in [-0.05, 0) is 30.5 Å². The van der Waals surface area contributed by atoms with Crippen LogP contribution >= 0.6 is 11.6 Å². The number of rotatable bonds is 1. The van der Waals surface area contributed by atoms with E-state index in [0.29, 0.717) is 16.5 Å². The van der Waals surface area contributed by atoms with Crippen LogP contribution in [0.4, 0.5) is 5.69 Å².